The lowest BCUT2D eigenvalue weighted by Crippen LogP contribution is -2.30. The zero-order chi connectivity index (χ0) is 18.8. The molecule has 27 heavy (non-hydrogen) atoms. The van der Waals surface area contributed by atoms with Crippen molar-refractivity contribution >= 4 is 17.6 Å². The Bertz CT molecular complexity index is 896. The van der Waals surface area contributed by atoms with E-state index in [0.717, 1.165) is 0 Å². The quantitative estimate of drug-likeness (QED) is 0.825. The number of hydrogen-bond acceptors (Lipinski definition) is 7. The molecule has 0 spiro atoms. The average Bonchev–Trinajstić information content (AvgIpc) is 3.15. The lowest BCUT2D eigenvalue weighted by Gasteiger charge is -2.19. The zero-order valence-corrected chi connectivity index (χ0v) is 14.5. The van der Waals surface area contributed by atoms with Crippen LogP contribution >= 0.6 is 0 Å². The van der Waals surface area contributed by atoms with E-state index >= 15 is 0 Å². The Labute approximate surface area is 154 Å². The van der Waals surface area contributed by atoms with E-state index in [-0.39, 0.29) is 12.4 Å². The van der Waals surface area contributed by atoms with Crippen LogP contribution in [0.4, 0.5) is 5.69 Å². The molecule has 0 bridgehead atoms. The van der Waals surface area contributed by atoms with Crippen LogP contribution in [0.2, 0.25) is 0 Å². The van der Waals surface area contributed by atoms with Crippen LogP contribution in [0.1, 0.15) is 17.3 Å². The number of ether oxygens (including phenoxy) is 5. The Hall–Kier alpha value is -3.42. The van der Waals surface area contributed by atoms with E-state index in [4.69, 9.17) is 23.7 Å². The van der Waals surface area contributed by atoms with Gasteiger partial charge < -0.3 is 29.0 Å². The van der Waals surface area contributed by atoms with Gasteiger partial charge in [-0.15, -0.1) is 0 Å². The molecule has 1 amide bonds. The highest BCUT2D eigenvalue weighted by Gasteiger charge is 2.22. The molecule has 0 radical (unpaired) electrons. The molecule has 8 nitrogen and oxygen atoms in total. The average molecular weight is 371 g/mol. The SMILES string of the molecule is C[C@H](OC(=O)c1ccc2c(c1)OCCO2)C(=O)Nc1ccc2c(c1)OCO2. The van der Waals surface area contributed by atoms with Crippen LogP contribution in [0.3, 0.4) is 0 Å². The molecule has 8 heteroatoms. The smallest absolute Gasteiger partial charge is 0.339 e. The highest BCUT2D eigenvalue weighted by Crippen LogP contribution is 2.34. The maximum atomic E-state index is 12.3. The predicted molar refractivity (Wildman–Crippen MR) is 93.5 cm³/mol. The second-order valence-corrected chi connectivity index (χ2v) is 5.96. The summed E-state index contributed by atoms with van der Waals surface area (Å²) >= 11 is 0. The maximum absolute atomic E-state index is 12.3. The summed E-state index contributed by atoms with van der Waals surface area (Å²) in [6.07, 6.45) is -0.990. The fourth-order valence-electron chi connectivity index (χ4n) is 2.67. The molecule has 140 valence electrons. The Kier molecular flexibility index (Phi) is 4.45. The Morgan fingerprint density at radius 1 is 0.926 bits per heavy atom. The minimum absolute atomic E-state index is 0.149. The number of nitrogens with one attached hydrogen (secondary N) is 1. The van der Waals surface area contributed by atoms with Gasteiger partial charge in [-0.05, 0) is 37.3 Å². The largest absolute Gasteiger partial charge is 0.486 e. The van der Waals surface area contributed by atoms with Crippen LogP contribution in [0.15, 0.2) is 36.4 Å². The highest BCUT2D eigenvalue weighted by atomic mass is 16.7. The minimum atomic E-state index is -0.990. The summed E-state index contributed by atoms with van der Waals surface area (Å²) in [6, 6.07) is 9.78. The van der Waals surface area contributed by atoms with Gasteiger partial charge in [0.25, 0.3) is 5.91 Å². The van der Waals surface area contributed by atoms with Crippen molar-refractivity contribution in [2.45, 2.75) is 13.0 Å². The predicted octanol–water partition coefficient (Wildman–Crippen LogP) is 2.37. The van der Waals surface area contributed by atoms with Gasteiger partial charge >= 0.3 is 5.97 Å². The Balaban J connectivity index is 1.38. The number of benzene rings is 2. The molecule has 1 N–H and O–H groups in total. The molecule has 2 aromatic rings. The van der Waals surface area contributed by atoms with E-state index < -0.39 is 18.0 Å². The molecule has 2 heterocycles. The topological polar surface area (TPSA) is 92.3 Å². The fraction of sp³-hybridized carbons (Fsp3) is 0.263. The first-order chi connectivity index (χ1) is 13.1. The van der Waals surface area contributed by atoms with Gasteiger partial charge in [0.1, 0.15) is 13.2 Å². The summed E-state index contributed by atoms with van der Waals surface area (Å²) < 4.78 is 26.6. The van der Waals surface area contributed by atoms with Gasteiger partial charge in [0.05, 0.1) is 5.56 Å². The van der Waals surface area contributed by atoms with Crippen LogP contribution in [0.25, 0.3) is 0 Å². The molecule has 2 aromatic carbocycles. The standard InChI is InChI=1S/C19H17NO7/c1-11(18(21)20-13-3-5-15-17(9-13)26-10-25-15)27-19(22)12-2-4-14-16(8-12)24-7-6-23-14/h2-5,8-9,11H,6-7,10H2,1H3,(H,20,21)/t11-/m0/s1. The third-order valence-electron chi connectivity index (χ3n) is 4.07. The van der Waals surface area contributed by atoms with E-state index in [1.165, 1.54) is 6.92 Å². The molecular weight excluding hydrogens is 354 g/mol. The normalized spacial score (nSPS) is 15.0. The summed E-state index contributed by atoms with van der Waals surface area (Å²) in [5.41, 5.74) is 0.799. The van der Waals surface area contributed by atoms with Gasteiger partial charge in [-0.25, -0.2) is 4.79 Å². The second kappa shape index (κ2) is 7.06. The van der Waals surface area contributed by atoms with Gasteiger partial charge in [-0.2, -0.15) is 0 Å². The van der Waals surface area contributed by atoms with Crippen LogP contribution in [0.5, 0.6) is 23.0 Å². The molecule has 0 unspecified atom stereocenters. The van der Waals surface area contributed by atoms with Crippen LogP contribution < -0.4 is 24.3 Å². The molecule has 2 aliphatic heterocycles. The van der Waals surface area contributed by atoms with Gasteiger partial charge in [0.15, 0.2) is 29.1 Å². The van der Waals surface area contributed by atoms with Crippen molar-refractivity contribution < 1.29 is 33.3 Å². The third kappa shape index (κ3) is 3.59. The number of anilines is 1. The molecule has 2 aliphatic rings. The van der Waals surface area contributed by atoms with Crippen LogP contribution in [0, 0.1) is 0 Å². The van der Waals surface area contributed by atoms with E-state index in [0.29, 0.717) is 41.9 Å². The molecule has 0 saturated carbocycles. The summed E-state index contributed by atoms with van der Waals surface area (Å²) in [5.74, 6) is 1.14. The first-order valence-corrected chi connectivity index (χ1v) is 8.41. The lowest BCUT2D eigenvalue weighted by atomic mass is 10.2. The summed E-state index contributed by atoms with van der Waals surface area (Å²) in [5, 5.41) is 2.68. The van der Waals surface area contributed by atoms with Crippen molar-refractivity contribution in [1.29, 1.82) is 0 Å². The first kappa shape index (κ1) is 17.0. The Morgan fingerprint density at radius 2 is 1.59 bits per heavy atom. The van der Waals surface area contributed by atoms with Crippen molar-refractivity contribution in [3.63, 3.8) is 0 Å². The third-order valence-corrected chi connectivity index (χ3v) is 4.07. The molecule has 0 saturated heterocycles. The zero-order valence-electron chi connectivity index (χ0n) is 14.5. The van der Waals surface area contributed by atoms with E-state index in [9.17, 15) is 9.59 Å². The Morgan fingerprint density at radius 3 is 2.44 bits per heavy atom. The van der Waals surface area contributed by atoms with E-state index in [1.807, 2.05) is 0 Å². The molecule has 0 aromatic heterocycles. The minimum Gasteiger partial charge on any atom is -0.486 e. The molecule has 1 atom stereocenters. The summed E-state index contributed by atoms with van der Waals surface area (Å²) in [4.78, 5) is 24.6. The molecular formula is C19H17NO7. The van der Waals surface area contributed by atoms with Crippen LogP contribution in [-0.4, -0.2) is 38.0 Å². The van der Waals surface area contributed by atoms with Gasteiger partial charge in [-0.1, -0.05) is 0 Å². The van der Waals surface area contributed by atoms with Gasteiger partial charge in [0, 0.05) is 11.8 Å². The second-order valence-electron chi connectivity index (χ2n) is 5.96. The number of rotatable bonds is 4. The number of fused-ring (bicyclic) bond motifs is 2. The number of carbonyl (C=O) groups is 2. The number of amides is 1. The summed E-state index contributed by atoms with van der Waals surface area (Å²) in [7, 11) is 0. The number of hydrogen-bond donors (Lipinski definition) is 1. The van der Waals surface area contributed by atoms with Crippen molar-refractivity contribution in [1.82, 2.24) is 0 Å². The molecule has 0 fully saturated rings. The monoisotopic (exact) mass is 371 g/mol. The van der Waals surface area contributed by atoms with E-state index in [1.54, 1.807) is 36.4 Å². The number of carbonyl (C=O) groups excluding carboxylic acids is 2. The lowest BCUT2D eigenvalue weighted by molar-refractivity contribution is -0.123. The van der Waals surface area contributed by atoms with Crippen molar-refractivity contribution in [3.8, 4) is 23.0 Å². The van der Waals surface area contributed by atoms with Gasteiger partial charge in [-0.3, -0.25) is 4.79 Å². The van der Waals surface area contributed by atoms with Crippen molar-refractivity contribution in [2.75, 3.05) is 25.3 Å². The maximum Gasteiger partial charge on any atom is 0.339 e. The number of esters is 1. The first-order valence-electron chi connectivity index (χ1n) is 8.41. The van der Waals surface area contributed by atoms with Crippen LogP contribution in [-0.2, 0) is 9.53 Å². The van der Waals surface area contributed by atoms with Crippen molar-refractivity contribution in [3.05, 3.63) is 42.0 Å². The van der Waals surface area contributed by atoms with E-state index in [2.05, 4.69) is 5.32 Å². The van der Waals surface area contributed by atoms with Crippen molar-refractivity contribution in [2.24, 2.45) is 0 Å². The summed E-state index contributed by atoms with van der Waals surface area (Å²) in [6.45, 7) is 2.53. The highest BCUT2D eigenvalue weighted by molar-refractivity contribution is 5.97. The molecule has 4 rings (SSSR count). The molecule has 0 aliphatic carbocycles. The fourth-order valence-corrected chi connectivity index (χ4v) is 2.67. The van der Waals surface area contributed by atoms with Gasteiger partial charge in [0.2, 0.25) is 6.79 Å².